The van der Waals surface area contributed by atoms with Crippen LogP contribution < -0.4 is 5.14 Å². The maximum atomic E-state index is 13.4. The van der Waals surface area contributed by atoms with Crippen LogP contribution >= 0.6 is 0 Å². The van der Waals surface area contributed by atoms with Crippen molar-refractivity contribution in [3.63, 3.8) is 0 Å². The lowest BCUT2D eigenvalue weighted by molar-refractivity contribution is -0.0548. The molecule has 114 valence electrons. The fourth-order valence-electron chi connectivity index (χ4n) is 2.72. The summed E-state index contributed by atoms with van der Waals surface area (Å²) in [4.78, 5) is 3.96. The standard InChI is InChI=1S/C12H19F2N3O2S/c1-2-10-16-11(20(15,18)19)8-17(10)7-9-4-3-5-12(13,14)6-9/h8-9H,2-7H2,1H3,(H2,15,18,19). The molecule has 1 unspecified atom stereocenters. The smallest absolute Gasteiger partial charge is 0.257 e. The molecular formula is C12H19F2N3O2S. The van der Waals surface area contributed by atoms with Crippen LogP contribution in [0.15, 0.2) is 11.2 Å². The highest BCUT2D eigenvalue weighted by molar-refractivity contribution is 7.89. The summed E-state index contributed by atoms with van der Waals surface area (Å²) in [5.74, 6) is -2.21. The molecule has 0 saturated heterocycles. The molecule has 0 bridgehead atoms. The molecule has 0 radical (unpaired) electrons. The molecular weight excluding hydrogens is 288 g/mol. The van der Waals surface area contributed by atoms with Gasteiger partial charge in [-0.25, -0.2) is 27.3 Å². The first-order chi connectivity index (χ1) is 9.21. The van der Waals surface area contributed by atoms with E-state index in [0.29, 0.717) is 25.2 Å². The molecule has 1 fully saturated rings. The Morgan fingerprint density at radius 1 is 1.55 bits per heavy atom. The quantitative estimate of drug-likeness (QED) is 0.923. The second-order valence-corrected chi connectivity index (χ2v) is 6.87. The summed E-state index contributed by atoms with van der Waals surface area (Å²) in [5, 5.41) is 4.85. The van der Waals surface area contributed by atoms with Crippen LogP contribution in [0.2, 0.25) is 0 Å². The summed E-state index contributed by atoms with van der Waals surface area (Å²) in [5.41, 5.74) is 0. The van der Waals surface area contributed by atoms with Crippen molar-refractivity contribution in [1.29, 1.82) is 0 Å². The third-order valence-electron chi connectivity index (χ3n) is 3.64. The summed E-state index contributed by atoms with van der Waals surface area (Å²) in [6.45, 7) is 2.20. The van der Waals surface area contributed by atoms with Gasteiger partial charge in [-0.05, 0) is 18.8 Å². The molecule has 0 aromatic carbocycles. The summed E-state index contributed by atoms with van der Waals surface area (Å²) in [6, 6.07) is 0. The van der Waals surface area contributed by atoms with Crippen molar-refractivity contribution in [3.05, 3.63) is 12.0 Å². The Bertz CT molecular complexity index is 584. The molecule has 1 heterocycles. The molecule has 5 nitrogen and oxygen atoms in total. The Hall–Kier alpha value is -1.02. The van der Waals surface area contributed by atoms with Crippen LogP contribution in [0.5, 0.6) is 0 Å². The molecule has 1 aromatic heterocycles. The van der Waals surface area contributed by atoms with Crippen LogP contribution in [0.1, 0.15) is 38.4 Å². The van der Waals surface area contributed by atoms with E-state index in [0.717, 1.165) is 6.42 Å². The molecule has 8 heteroatoms. The molecule has 2 N–H and O–H groups in total. The predicted molar refractivity (Wildman–Crippen MR) is 69.9 cm³/mol. The van der Waals surface area contributed by atoms with E-state index >= 15 is 0 Å². The number of rotatable bonds is 4. The Morgan fingerprint density at radius 3 is 2.80 bits per heavy atom. The average molecular weight is 307 g/mol. The maximum absolute atomic E-state index is 13.4. The van der Waals surface area contributed by atoms with Gasteiger partial charge in [0.25, 0.3) is 10.0 Å². The number of sulfonamides is 1. The third-order valence-corrected chi connectivity index (χ3v) is 4.42. The first kappa shape index (κ1) is 15.4. The summed E-state index contributed by atoms with van der Waals surface area (Å²) >= 11 is 0. The highest BCUT2D eigenvalue weighted by Crippen LogP contribution is 2.37. The van der Waals surface area contributed by atoms with Crippen LogP contribution in [0.4, 0.5) is 8.78 Å². The summed E-state index contributed by atoms with van der Waals surface area (Å²) in [6.07, 6.45) is 2.88. The number of halogens is 2. The van der Waals surface area contributed by atoms with E-state index in [1.165, 1.54) is 6.20 Å². The molecule has 1 atom stereocenters. The SMILES string of the molecule is CCc1nc(S(N)(=O)=O)cn1CC1CCCC(F)(F)C1. The van der Waals surface area contributed by atoms with E-state index in [1.807, 2.05) is 6.92 Å². The Kier molecular flexibility index (Phi) is 4.15. The van der Waals surface area contributed by atoms with Crippen LogP contribution in [-0.4, -0.2) is 23.9 Å². The van der Waals surface area contributed by atoms with Gasteiger partial charge in [-0.2, -0.15) is 0 Å². The molecule has 1 aliphatic rings. The zero-order valence-electron chi connectivity index (χ0n) is 11.3. The molecule has 1 aliphatic carbocycles. The molecule has 1 saturated carbocycles. The van der Waals surface area contributed by atoms with E-state index in [2.05, 4.69) is 4.98 Å². The lowest BCUT2D eigenvalue weighted by atomic mass is 9.86. The normalized spacial score (nSPS) is 22.9. The van der Waals surface area contributed by atoms with Crippen molar-refractivity contribution in [2.75, 3.05) is 0 Å². The molecule has 0 spiro atoms. The van der Waals surface area contributed by atoms with Crippen molar-refractivity contribution < 1.29 is 17.2 Å². The summed E-state index contributed by atoms with van der Waals surface area (Å²) < 4.78 is 51.0. The Morgan fingerprint density at radius 2 is 2.25 bits per heavy atom. The minimum atomic E-state index is -3.86. The summed E-state index contributed by atoms with van der Waals surface area (Å²) in [7, 11) is -3.86. The number of aryl methyl sites for hydroxylation is 1. The number of hydrogen-bond donors (Lipinski definition) is 1. The minimum Gasteiger partial charge on any atom is -0.333 e. The van der Waals surface area contributed by atoms with Gasteiger partial charge in [-0.3, -0.25) is 0 Å². The Labute approximate surface area is 117 Å². The van der Waals surface area contributed by atoms with Crippen molar-refractivity contribution in [3.8, 4) is 0 Å². The molecule has 1 aromatic rings. The van der Waals surface area contributed by atoms with Crippen LogP contribution in [0.25, 0.3) is 0 Å². The van der Waals surface area contributed by atoms with Gasteiger partial charge in [0.05, 0.1) is 0 Å². The topological polar surface area (TPSA) is 78.0 Å². The second-order valence-electron chi connectivity index (χ2n) is 5.36. The lowest BCUT2D eigenvalue weighted by Gasteiger charge is -2.29. The van der Waals surface area contributed by atoms with E-state index in [4.69, 9.17) is 5.14 Å². The van der Waals surface area contributed by atoms with Crippen molar-refractivity contribution in [2.24, 2.45) is 11.1 Å². The highest BCUT2D eigenvalue weighted by atomic mass is 32.2. The van der Waals surface area contributed by atoms with Gasteiger partial charge in [0, 0.05) is 32.0 Å². The fraction of sp³-hybridized carbons (Fsp3) is 0.750. The predicted octanol–water partition coefficient (Wildman–Crippen LogP) is 1.92. The van der Waals surface area contributed by atoms with Gasteiger partial charge in [0.1, 0.15) is 5.82 Å². The number of aromatic nitrogens is 2. The number of primary sulfonamides is 1. The van der Waals surface area contributed by atoms with Crippen molar-refractivity contribution >= 4 is 10.0 Å². The number of nitrogens with two attached hydrogens (primary N) is 1. The number of alkyl halides is 2. The molecule has 0 aliphatic heterocycles. The van der Waals surface area contributed by atoms with E-state index in [9.17, 15) is 17.2 Å². The zero-order chi connectivity index (χ0) is 15.0. The van der Waals surface area contributed by atoms with E-state index in [-0.39, 0.29) is 23.8 Å². The van der Waals surface area contributed by atoms with Crippen molar-refractivity contribution in [2.45, 2.75) is 56.5 Å². The van der Waals surface area contributed by atoms with Gasteiger partial charge in [-0.1, -0.05) is 6.92 Å². The van der Waals surface area contributed by atoms with Gasteiger partial charge in [0.15, 0.2) is 5.03 Å². The number of hydrogen-bond acceptors (Lipinski definition) is 3. The van der Waals surface area contributed by atoms with Gasteiger partial charge >= 0.3 is 0 Å². The van der Waals surface area contributed by atoms with Crippen LogP contribution in [-0.2, 0) is 23.0 Å². The third kappa shape index (κ3) is 3.54. The first-order valence-corrected chi connectivity index (χ1v) is 8.22. The Balaban J connectivity index is 2.18. The molecule has 0 amide bonds. The van der Waals surface area contributed by atoms with E-state index in [1.54, 1.807) is 4.57 Å². The van der Waals surface area contributed by atoms with Gasteiger partial charge < -0.3 is 4.57 Å². The zero-order valence-corrected chi connectivity index (χ0v) is 12.2. The largest absolute Gasteiger partial charge is 0.333 e. The van der Waals surface area contributed by atoms with E-state index < -0.39 is 15.9 Å². The fourth-order valence-corrected chi connectivity index (χ4v) is 3.22. The van der Waals surface area contributed by atoms with Crippen LogP contribution in [0.3, 0.4) is 0 Å². The number of nitrogens with zero attached hydrogens (tertiary/aromatic N) is 2. The van der Waals surface area contributed by atoms with Gasteiger partial charge in [-0.15, -0.1) is 0 Å². The average Bonchev–Trinajstić information content (AvgIpc) is 2.70. The van der Waals surface area contributed by atoms with Crippen LogP contribution in [0, 0.1) is 5.92 Å². The van der Waals surface area contributed by atoms with Gasteiger partial charge in [0.2, 0.25) is 5.92 Å². The minimum absolute atomic E-state index is 0.0590. The van der Waals surface area contributed by atoms with Crippen molar-refractivity contribution in [1.82, 2.24) is 9.55 Å². The first-order valence-electron chi connectivity index (χ1n) is 6.68. The maximum Gasteiger partial charge on any atom is 0.257 e. The molecule has 20 heavy (non-hydrogen) atoms. The highest BCUT2D eigenvalue weighted by Gasteiger charge is 2.36. The monoisotopic (exact) mass is 307 g/mol. The molecule has 2 rings (SSSR count). The number of imidazole rings is 1. The second kappa shape index (κ2) is 5.40. The lowest BCUT2D eigenvalue weighted by Crippen LogP contribution is -2.28.